The molecular formula is C12H17N3O3. The van der Waals surface area contributed by atoms with Crippen LogP contribution in [-0.4, -0.2) is 37.3 Å². The number of nitro groups is 1. The van der Waals surface area contributed by atoms with E-state index in [1.807, 2.05) is 13.0 Å². The Hall–Kier alpha value is -1.66. The number of rotatable bonds is 4. The molecule has 0 aliphatic carbocycles. The Morgan fingerprint density at radius 1 is 1.50 bits per heavy atom. The van der Waals surface area contributed by atoms with E-state index in [1.165, 1.54) is 6.07 Å². The second-order valence-corrected chi connectivity index (χ2v) is 4.41. The summed E-state index contributed by atoms with van der Waals surface area (Å²) in [6.45, 7) is 3.36. The number of hydrogen-bond donors (Lipinski definition) is 2. The monoisotopic (exact) mass is 251 g/mol. The van der Waals surface area contributed by atoms with E-state index in [9.17, 15) is 10.1 Å². The molecule has 1 aromatic rings. The van der Waals surface area contributed by atoms with Gasteiger partial charge >= 0.3 is 0 Å². The quantitative estimate of drug-likeness (QED) is 0.623. The number of nitro benzene ring substituents is 1. The van der Waals surface area contributed by atoms with Gasteiger partial charge in [-0.05, 0) is 12.5 Å². The van der Waals surface area contributed by atoms with Crippen molar-refractivity contribution in [2.75, 3.05) is 25.5 Å². The highest BCUT2D eigenvalue weighted by Crippen LogP contribution is 2.29. The number of benzene rings is 1. The number of nitrogens with one attached hydrogen (secondary N) is 2. The van der Waals surface area contributed by atoms with Crippen molar-refractivity contribution in [2.45, 2.75) is 19.1 Å². The smallest absolute Gasteiger partial charge is 0.292 e. The van der Waals surface area contributed by atoms with Gasteiger partial charge < -0.3 is 15.4 Å². The van der Waals surface area contributed by atoms with Gasteiger partial charge in [-0.3, -0.25) is 10.1 Å². The van der Waals surface area contributed by atoms with Crippen molar-refractivity contribution >= 4 is 11.4 Å². The second-order valence-electron chi connectivity index (χ2n) is 4.41. The number of hydrogen-bond acceptors (Lipinski definition) is 5. The van der Waals surface area contributed by atoms with Gasteiger partial charge in [0.25, 0.3) is 5.69 Å². The first-order valence-electron chi connectivity index (χ1n) is 5.87. The highest BCUT2D eigenvalue weighted by molar-refractivity contribution is 5.66. The fourth-order valence-corrected chi connectivity index (χ4v) is 2.22. The third-order valence-electron chi connectivity index (χ3n) is 3.24. The Bertz CT molecular complexity index is 450. The molecule has 1 aromatic carbocycles. The summed E-state index contributed by atoms with van der Waals surface area (Å²) < 4.78 is 5.34. The van der Waals surface area contributed by atoms with Crippen LogP contribution in [-0.2, 0) is 4.74 Å². The minimum Gasteiger partial charge on any atom is -0.378 e. The summed E-state index contributed by atoms with van der Waals surface area (Å²) in [6.07, 6.45) is 0.0317. The lowest BCUT2D eigenvalue weighted by atomic mass is 10.1. The molecule has 0 spiro atoms. The molecule has 98 valence electrons. The number of ether oxygens (including phenoxy) is 1. The summed E-state index contributed by atoms with van der Waals surface area (Å²) in [6, 6.07) is 5.12. The van der Waals surface area contributed by atoms with Crippen LogP contribution in [0.5, 0.6) is 0 Å². The van der Waals surface area contributed by atoms with Gasteiger partial charge in [0, 0.05) is 26.3 Å². The van der Waals surface area contributed by atoms with Crippen molar-refractivity contribution in [2.24, 2.45) is 0 Å². The highest BCUT2D eigenvalue weighted by Gasteiger charge is 2.29. The van der Waals surface area contributed by atoms with Crippen molar-refractivity contribution in [3.8, 4) is 0 Å². The van der Waals surface area contributed by atoms with Crippen LogP contribution in [0.1, 0.15) is 5.56 Å². The molecule has 1 fully saturated rings. The highest BCUT2D eigenvalue weighted by atomic mass is 16.6. The molecule has 2 rings (SSSR count). The fourth-order valence-electron chi connectivity index (χ4n) is 2.22. The minimum atomic E-state index is -0.362. The lowest BCUT2D eigenvalue weighted by Crippen LogP contribution is -2.34. The third-order valence-corrected chi connectivity index (χ3v) is 3.24. The number of para-hydroxylation sites is 1. The molecule has 1 unspecified atom stereocenters. The van der Waals surface area contributed by atoms with Crippen LogP contribution in [0.3, 0.4) is 0 Å². The molecule has 1 saturated heterocycles. The number of nitrogens with zero attached hydrogens (tertiary/aromatic N) is 1. The lowest BCUT2D eigenvalue weighted by molar-refractivity contribution is -0.384. The van der Waals surface area contributed by atoms with E-state index in [1.54, 1.807) is 13.2 Å². The molecule has 2 atom stereocenters. The maximum Gasteiger partial charge on any atom is 0.292 e. The van der Waals surface area contributed by atoms with Gasteiger partial charge in [0.2, 0.25) is 0 Å². The predicted molar refractivity (Wildman–Crippen MR) is 68.9 cm³/mol. The summed E-state index contributed by atoms with van der Waals surface area (Å²) in [7, 11) is 1.65. The first-order valence-corrected chi connectivity index (χ1v) is 5.87. The van der Waals surface area contributed by atoms with Crippen molar-refractivity contribution < 1.29 is 9.66 Å². The topological polar surface area (TPSA) is 76.4 Å². The van der Waals surface area contributed by atoms with Crippen molar-refractivity contribution in [1.82, 2.24) is 5.32 Å². The van der Waals surface area contributed by atoms with Gasteiger partial charge in [0.15, 0.2) is 0 Å². The fraction of sp³-hybridized carbons (Fsp3) is 0.500. The zero-order valence-electron chi connectivity index (χ0n) is 10.5. The van der Waals surface area contributed by atoms with Gasteiger partial charge in [-0.15, -0.1) is 0 Å². The van der Waals surface area contributed by atoms with Gasteiger partial charge in [0.1, 0.15) is 5.69 Å². The Labute approximate surface area is 105 Å². The Balaban J connectivity index is 2.25. The number of methoxy groups -OCH3 is 1. The molecule has 0 aromatic heterocycles. The van der Waals surface area contributed by atoms with Crippen LogP contribution in [0.15, 0.2) is 18.2 Å². The molecule has 1 heterocycles. The molecule has 0 bridgehead atoms. The Kier molecular flexibility index (Phi) is 3.78. The summed E-state index contributed by atoms with van der Waals surface area (Å²) >= 11 is 0. The zero-order valence-corrected chi connectivity index (χ0v) is 10.5. The molecule has 1 aliphatic rings. The summed E-state index contributed by atoms with van der Waals surface area (Å²) in [5.74, 6) is 0. The van der Waals surface area contributed by atoms with E-state index >= 15 is 0 Å². The van der Waals surface area contributed by atoms with E-state index < -0.39 is 0 Å². The van der Waals surface area contributed by atoms with E-state index in [4.69, 9.17) is 4.74 Å². The van der Waals surface area contributed by atoms with Crippen molar-refractivity contribution in [1.29, 1.82) is 0 Å². The molecular weight excluding hydrogens is 234 g/mol. The summed E-state index contributed by atoms with van der Waals surface area (Å²) in [5, 5.41) is 17.5. The van der Waals surface area contributed by atoms with Crippen molar-refractivity contribution in [3.63, 3.8) is 0 Å². The lowest BCUT2D eigenvalue weighted by Gasteiger charge is -2.20. The van der Waals surface area contributed by atoms with E-state index in [2.05, 4.69) is 10.6 Å². The van der Waals surface area contributed by atoms with Gasteiger partial charge in [0.05, 0.1) is 17.1 Å². The normalized spacial score (nSPS) is 23.0. The Morgan fingerprint density at radius 2 is 2.28 bits per heavy atom. The van der Waals surface area contributed by atoms with Crippen molar-refractivity contribution in [3.05, 3.63) is 33.9 Å². The molecule has 18 heavy (non-hydrogen) atoms. The van der Waals surface area contributed by atoms with Gasteiger partial charge in [-0.2, -0.15) is 0 Å². The first-order chi connectivity index (χ1) is 8.63. The molecule has 6 heteroatoms. The molecule has 0 amide bonds. The molecule has 0 saturated carbocycles. The standard InChI is InChI=1S/C12H17N3O3/c1-8-4-3-5-10(15(16)17)12(8)14-9-6-13-7-11(9)18-2/h3-5,9,11,13-14H,6-7H2,1-2H3/t9?,11-/m0/s1. The largest absolute Gasteiger partial charge is 0.378 e. The zero-order chi connectivity index (χ0) is 13.1. The van der Waals surface area contributed by atoms with Crippen LogP contribution >= 0.6 is 0 Å². The Morgan fingerprint density at radius 3 is 2.94 bits per heavy atom. The average Bonchev–Trinajstić information content (AvgIpc) is 2.78. The first kappa shape index (κ1) is 12.8. The van der Waals surface area contributed by atoms with Gasteiger partial charge in [-0.1, -0.05) is 12.1 Å². The van der Waals surface area contributed by atoms with Gasteiger partial charge in [-0.25, -0.2) is 0 Å². The third kappa shape index (κ3) is 2.44. The van der Waals surface area contributed by atoms with E-state index in [0.29, 0.717) is 5.69 Å². The van der Waals surface area contributed by atoms with Crippen LogP contribution in [0.25, 0.3) is 0 Å². The maximum atomic E-state index is 11.0. The minimum absolute atomic E-state index is 0.0317. The van der Waals surface area contributed by atoms with Crippen LogP contribution in [0, 0.1) is 17.0 Å². The average molecular weight is 251 g/mol. The van der Waals surface area contributed by atoms with Crippen LogP contribution in [0.2, 0.25) is 0 Å². The number of aryl methyl sites for hydroxylation is 1. The SMILES string of the molecule is CO[C@H]1CNCC1Nc1c(C)cccc1[N+](=O)[O-]. The summed E-state index contributed by atoms with van der Waals surface area (Å²) in [5.41, 5.74) is 1.56. The van der Waals surface area contributed by atoms with E-state index in [-0.39, 0.29) is 22.8 Å². The van der Waals surface area contributed by atoms with Crippen LogP contribution < -0.4 is 10.6 Å². The van der Waals surface area contributed by atoms with Crippen LogP contribution in [0.4, 0.5) is 11.4 Å². The molecule has 1 aliphatic heterocycles. The second kappa shape index (κ2) is 5.32. The molecule has 2 N–H and O–H groups in total. The van der Waals surface area contributed by atoms with E-state index in [0.717, 1.165) is 18.7 Å². The molecule has 0 radical (unpaired) electrons. The maximum absolute atomic E-state index is 11.0. The molecule has 6 nitrogen and oxygen atoms in total. The predicted octanol–water partition coefficient (Wildman–Crippen LogP) is 1.30. The number of anilines is 1. The summed E-state index contributed by atoms with van der Waals surface area (Å²) in [4.78, 5) is 10.7.